The molecule has 20 rings (SSSR count). The van der Waals surface area contributed by atoms with E-state index in [9.17, 15) is 95.9 Å². The molecule has 7 aromatic carbocycles. The number of fused-ring (bicyclic) bond motifs is 10. The Labute approximate surface area is 630 Å². The van der Waals surface area contributed by atoms with Crippen LogP contribution in [0.4, 0.5) is 0 Å². The van der Waals surface area contributed by atoms with E-state index in [1.807, 2.05) is 0 Å². The smallest absolute Gasteiger partial charge is 0.347 e. The van der Waals surface area contributed by atoms with E-state index < -0.39 is 137 Å². The van der Waals surface area contributed by atoms with E-state index in [-0.39, 0.29) is 125 Å². The van der Waals surface area contributed by atoms with E-state index in [1.54, 1.807) is 48.5 Å². The minimum atomic E-state index is -0.772. The molecule has 33 heteroatoms. The van der Waals surface area contributed by atoms with E-state index in [0.717, 1.165) is 0 Å². The van der Waals surface area contributed by atoms with Crippen molar-refractivity contribution < 1.29 is 157 Å². The second-order valence-corrected chi connectivity index (χ2v) is 27.3. The van der Waals surface area contributed by atoms with Crippen LogP contribution < -0.4 is 9.47 Å². The molecule has 13 aliphatic rings. The van der Waals surface area contributed by atoms with E-state index in [0.29, 0.717) is 85.8 Å². The van der Waals surface area contributed by atoms with Crippen molar-refractivity contribution in [3.8, 4) is 39.5 Å². The van der Waals surface area contributed by atoms with Crippen LogP contribution in [0.2, 0.25) is 0 Å². The second-order valence-electron chi connectivity index (χ2n) is 27.3. The number of benzene rings is 7. The monoisotopic (exact) mass is 1540 g/mol. The average molecular weight is 1540 g/mol. The molecular weight excluding hydrogens is 1490 g/mol. The first-order valence-corrected chi connectivity index (χ1v) is 34.8. The molecule has 566 valence electrons. The highest BCUT2D eigenvalue weighted by atomic mass is 16.6. The van der Waals surface area contributed by atoms with Gasteiger partial charge in [0.05, 0.1) is 132 Å². The van der Waals surface area contributed by atoms with Gasteiger partial charge in [-0.3, -0.25) is 28.8 Å². The summed E-state index contributed by atoms with van der Waals surface area (Å²) in [6.45, 7) is 0. The molecule has 3 saturated heterocycles. The topological polar surface area (TPSA) is 461 Å². The standard InChI is InChI=1S/C16H18O7.C16H12O7.C16H6O7.2C16H6O6/c3*17-13-9-3-1-7(5-11(9)15(19)22-13)21-8-2-4-10-12(6-8)16(20)23-14(10)18;17-13-9-5-1-3-7(11(9)15(19)21-13)8-4-2-6-10-12(8)16(20)22-14(10)18;17-13-9-5-4-7(6-11(9)15(19)21-13)8-2-1-3-10-12(8)16(20)22-14(10)18/h7-12H,1-6H2;1,3,5,8,10,12H,2,4,6H2;1-6H;2*1-6H. The summed E-state index contributed by atoms with van der Waals surface area (Å²) >= 11 is 0. The van der Waals surface area contributed by atoms with Gasteiger partial charge in [0.1, 0.15) is 17.2 Å². The first-order valence-electron chi connectivity index (χ1n) is 34.8. The van der Waals surface area contributed by atoms with Gasteiger partial charge in [0.15, 0.2) is 0 Å². The predicted octanol–water partition coefficient (Wildman–Crippen LogP) is 8.03. The molecule has 7 aromatic rings. The molecule has 10 heterocycles. The van der Waals surface area contributed by atoms with Gasteiger partial charge in [-0.05, 0) is 165 Å². The zero-order valence-corrected chi connectivity index (χ0v) is 57.7. The highest BCUT2D eigenvalue weighted by Gasteiger charge is 2.52. The van der Waals surface area contributed by atoms with E-state index in [4.69, 9.17) is 23.7 Å². The molecular formula is C80H48O33. The van der Waals surface area contributed by atoms with Crippen LogP contribution in [0, 0.1) is 35.5 Å². The summed E-state index contributed by atoms with van der Waals surface area (Å²) in [5, 5.41) is 0. The lowest BCUT2D eigenvalue weighted by molar-refractivity contribution is -0.155. The van der Waals surface area contributed by atoms with Crippen LogP contribution in [0.3, 0.4) is 0 Å². The number of carbonyl (C=O) groups is 20. The molecule has 113 heavy (non-hydrogen) atoms. The fraction of sp³-hybridized carbons (Fsp3) is 0.225. The van der Waals surface area contributed by atoms with Crippen molar-refractivity contribution in [2.24, 2.45) is 35.5 Å². The van der Waals surface area contributed by atoms with E-state index in [2.05, 4.69) is 37.9 Å². The molecule has 10 aliphatic heterocycles. The predicted molar refractivity (Wildman–Crippen MR) is 360 cm³/mol. The highest BCUT2D eigenvalue weighted by Crippen LogP contribution is 2.45. The molecule has 0 N–H and O–H groups in total. The molecule has 0 radical (unpaired) electrons. The van der Waals surface area contributed by atoms with Gasteiger partial charge in [0.25, 0.3) is 0 Å². The maximum atomic E-state index is 11.9. The number of hydrogen-bond acceptors (Lipinski definition) is 33. The Hall–Kier alpha value is -14.5. The Morgan fingerprint density at radius 2 is 0.496 bits per heavy atom. The molecule has 6 fully saturated rings. The molecule has 3 saturated carbocycles. The van der Waals surface area contributed by atoms with Crippen LogP contribution >= 0.6 is 0 Å². The minimum Gasteiger partial charge on any atom is -0.490 e. The Morgan fingerprint density at radius 3 is 0.885 bits per heavy atom. The third-order valence-corrected chi connectivity index (χ3v) is 20.9. The molecule has 33 nitrogen and oxygen atoms in total. The molecule has 0 amide bonds. The zero-order valence-electron chi connectivity index (χ0n) is 57.7. The van der Waals surface area contributed by atoms with Crippen molar-refractivity contribution in [1.82, 2.24) is 0 Å². The van der Waals surface area contributed by atoms with Gasteiger partial charge in [-0.25, -0.2) is 67.1 Å². The molecule has 0 spiro atoms. The Kier molecular flexibility index (Phi) is 18.3. The lowest BCUT2D eigenvalue weighted by Gasteiger charge is -2.34. The summed E-state index contributed by atoms with van der Waals surface area (Å²) in [7, 11) is 0. The van der Waals surface area contributed by atoms with Crippen molar-refractivity contribution in [2.45, 2.75) is 76.1 Å². The lowest BCUT2D eigenvalue weighted by atomic mass is 9.78. The van der Waals surface area contributed by atoms with Gasteiger partial charge >= 0.3 is 119 Å². The van der Waals surface area contributed by atoms with Crippen molar-refractivity contribution >= 4 is 119 Å². The molecule has 0 aromatic heterocycles. The Balaban J connectivity index is 0.000000107. The first-order chi connectivity index (χ1) is 54.2. The van der Waals surface area contributed by atoms with E-state index >= 15 is 0 Å². The average Bonchev–Trinajstić information content (AvgIpc) is 1.63. The molecule has 9 atom stereocenters. The third kappa shape index (κ3) is 13.3. The Bertz CT molecular complexity index is 5450. The summed E-state index contributed by atoms with van der Waals surface area (Å²) in [6, 6.07) is 31.7. The fourth-order valence-corrected chi connectivity index (χ4v) is 15.5. The maximum Gasteiger partial charge on any atom is 0.347 e. The van der Waals surface area contributed by atoms with Crippen LogP contribution in [-0.4, -0.2) is 138 Å². The lowest BCUT2D eigenvalue weighted by Crippen LogP contribution is -2.37. The Morgan fingerprint density at radius 1 is 0.221 bits per heavy atom. The zero-order chi connectivity index (χ0) is 79.3. The highest BCUT2D eigenvalue weighted by molar-refractivity contribution is 6.23. The largest absolute Gasteiger partial charge is 0.490 e. The maximum absolute atomic E-state index is 11.9. The van der Waals surface area contributed by atoms with Crippen LogP contribution in [-0.2, 0) is 80.9 Å². The van der Waals surface area contributed by atoms with Crippen molar-refractivity contribution in [3.05, 3.63) is 205 Å². The number of esters is 20. The number of hydrogen-bond donors (Lipinski definition) is 0. The fourth-order valence-electron chi connectivity index (χ4n) is 15.5. The third-order valence-electron chi connectivity index (χ3n) is 20.9. The van der Waals surface area contributed by atoms with Crippen molar-refractivity contribution in [2.75, 3.05) is 0 Å². The van der Waals surface area contributed by atoms with Crippen LogP contribution in [0.25, 0.3) is 22.3 Å². The quantitative estimate of drug-likeness (QED) is 0.0788. The summed E-state index contributed by atoms with van der Waals surface area (Å²) in [6.07, 6.45) is 4.67. The van der Waals surface area contributed by atoms with Gasteiger partial charge in [-0.2, -0.15) is 0 Å². The number of cyclic esters (lactones) is 20. The van der Waals surface area contributed by atoms with Crippen molar-refractivity contribution in [3.63, 3.8) is 0 Å². The van der Waals surface area contributed by atoms with Gasteiger partial charge in [0, 0.05) is 0 Å². The molecule has 3 aliphatic carbocycles. The number of rotatable bonds is 8. The van der Waals surface area contributed by atoms with E-state index in [1.165, 1.54) is 78.9 Å². The van der Waals surface area contributed by atoms with Gasteiger partial charge in [-0.1, -0.05) is 42.5 Å². The first kappa shape index (κ1) is 72.7. The molecule has 0 bridgehead atoms. The van der Waals surface area contributed by atoms with Crippen LogP contribution in [0.1, 0.15) is 203 Å². The summed E-state index contributed by atoms with van der Waals surface area (Å²) < 4.78 is 63.3. The van der Waals surface area contributed by atoms with Gasteiger partial charge < -0.3 is 61.6 Å². The number of carbonyl (C=O) groups excluding carboxylic acids is 20. The summed E-state index contributed by atoms with van der Waals surface area (Å²) in [4.78, 5) is 232. The normalized spacial score (nSPS) is 23.7. The number of ether oxygens (including phenoxy) is 13. The van der Waals surface area contributed by atoms with Gasteiger partial charge in [0.2, 0.25) is 0 Å². The second kappa shape index (κ2) is 28.5. The molecule has 9 unspecified atom stereocenters. The minimum absolute atomic E-state index is 0.0908. The van der Waals surface area contributed by atoms with Crippen LogP contribution in [0.15, 0.2) is 127 Å². The summed E-state index contributed by atoms with van der Waals surface area (Å²) in [5.74, 6) is -14.0. The van der Waals surface area contributed by atoms with Crippen molar-refractivity contribution in [1.29, 1.82) is 0 Å². The van der Waals surface area contributed by atoms with Crippen LogP contribution in [0.5, 0.6) is 17.2 Å². The van der Waals surface area contributed by atoms with Gasteiger partial charge in [-0.15, -0.1) is 0 Å². The summed E-state index contributed by atoms with van der Waals surface area (Å²) in [5.41, 5.74) is 3.78. The SMILES string of the molecule is O=C1OC(=O)C2CC(OC3CCC4C(=O)OC(=O)C4C3)CCC12.O=C1OC(=O)c2c1cccc2-c1cccc2c1C(=O)OC2=O.O=C1OC(=O)c2cc(-c3cccc4c3C(=O)OC4=O)ccc21.O=C1OC(=O)c2cc(OC3CCC4C(=O)OC(=O)C4C3)ccc21.O=C1OC(=O)c2cc(Oc3ccc4c(c3)C(=O)OC4=O)ccc21.